The molecule has 5 nitrogen and oxygen atoms in total. The van der Waals surface area contributed by atoms with Crippen molar-refractivity contribution in [1.82, 2.24) is 9.55 Å². The molecule has 1 atom stereocenters. The number of esters is 1. The number of nitrogens with zero attached hydrogens (tertiary/aromatic N) is 2. The molecule has 1 aromatic carbocycles. The van der Waals surface area contributed by atoms with Crippen molar-refractivity contribution in [2.75, 3.05) is 6.61 Å². The van der Waals surface area contributed by atoms with Gasteiger partial charge in [-0.05, 0) is 56.4 Å². The molecule has 8 heteroatoms. The molecule has 29 heavy (non-hydrogen) atoms. The van der Waals surface area contributed by atoms with Crippen LogP contribution in [0.4, 0.5) is 0 Å². The minimum atomic E-state index is -0.405. The number of carbonyl (C=O) groups excluding carboxylic acids is 1. The number of carbonyl (C=O) groups is 1. The van der Waals surface area contributed by atoms with Crippen molar-refractivity contribution < 1.29 is 9.53 Å². The zero-order chi connectivity index (χ0) is 20.7. The van der Waals surface area contributed by atoms with Crippen LogP contribution >= 0.6 is 34.5 Å². The SMILES string of the molecule is CCOC(=O)C1CCCc2sc3nc(C)n(Cc4ccc(Cl)cc4Cl)c(=O)c3c21. The van der Waals surface area contributed by atoms with Crippen molar-refractivity contribution in [2.45, 2.75) is 45.6 Å². The molecule has 1 aliphatic carbocycles. The Balaban J connectivity index is 1.87. The smallest absolute Gasteiger partial charge is 0.313 e. The predicted molar refractivity (Wildman–Crippen MR) is 116 cm³/mol. The normalized spacial score (nSPS) is 16.1. The van der Waals surface area contributed by atoms with Crippen LogP contribution in [0.15, 0.2) is 23.0 Å². The van der Waals surface area contributed by atoms with Crippen LogP contribution in [-0.4, -0.2) is 22.1 Å². The molecular formula is C21H20Cl2N2O3S. The first-order valence-corrected chi connectivity index (χ1v) is 11.1. The second kappa shape index (κ2) is 8.09. The number of rotatable bonds is 4. The van der Waals surface area contributed by atoms with Crippen LogP contribution in [0.1, 0.15) is 47.5 Å². The number of benzene rings is 1. The summed E-state index contributed by atoms with van der Waals surface area (Å²) in [6.45, 7) is 4.22. The summed E-state index contributed by atoms with van der Waals surface area (Å²) in [5.74, 6) is -0.0579. The average Bonchev–Trinajstić information content (AvgIpc) is 3.04. The lowest BCUT2D eigenvalue weighted by Gasteiger charge is -2.21. The highest BCUT2D eigenvalue weighted by atomic mass is 35.5. The summed E-state index contributed by atoms with van der Waals surface area (Å²) in [6, 6.07) is 5.22. The third kappa shape index (κ3) is 3.69. The highest BCUT2D eigenvalue weighted by molar-refractivity contribution is 7.18. The van der Waals surface area contributed by atoms with Gasteiger partial charge in [0.1, 0.15) is 10.7 Å². The van der Waals surface area contributed by atoms with Gasteiger partial charge >= 0.3 is 5.97 Å². The average molecular weight is 451 g/mol. The Morgan fingerprint density at radius 1 is 1.38 bits per heavy atom. The molecule has 0 amide bonds. The Morgan fingerprint density at radius 2 is 2.17 bits per heavy atom. The molecule has 152 valence electrons. The van der Waals surface area contributed by atoms with Crippen molar-refractivity contribution in [2.24, 2.45) is 0 Å². The number of aryl methyl sites for hydroxylation is 2. The molecule has 1 unspecified atom stereocenters. The van der Waals surface area contributed by atoms with Crippen LogP contribution in [0.2, 0.25) is 10.0 Å². The Labute approximate surface area is 182 Å². The lowest BCUT2D eigenvalue weighted by Crippen LogP contribution is -2.27. The highest BCUT2D eigenvalue weighted by Crippen LogP contribution is 2.41. The molecule has 0 fully saturated rings. The van der Waals surface area contributed by atoms with Crippen LogP contribution in [-0.2, 0) is 22.5 Å². The van der Waals surface area contributed by atoms with Gasteiger partial charge in [-0.1, -0.05) is 29.3 Å². The molecular weight excluding hydrogens is 431 g/mol. The van der Waals surface area contributed by atoms with Gasteiger partial charge < -0.3 is 4.74 Å². The summed E-state index contributed by atoms with van der Waals surface area (Å²) in [7, 11) is 0. The molecule has 1 aliphatic rings. The van der Waals surface area contributed by atoms with E-state index in [4.69, 9.17) is 27.9 Å². The molecule has 0 saturated carbocycles. The molecule has 4 rings (SSSR count). The summed E-state index contributed by atoms with van der Waals surface area (Å²) >= 11 is 13.8. The summed E-state index contributed by atoms with van der Waals surface area (Å²) in [6.07, 6.45) is 2.44. The largest absolute Gasteiger partial charge is 0.466 e. The number of ether oxygens (including phenoxy) is 1. The van der Waals surface area contributed by atoms with E-state index in [1.54, 1.807) is 23.6 Å². The van der Waals surface area contributed by atoms with E-state index in [0.29, 0.717) is 39.1 Å². The van der Waals surface area contributed by atoms with Gasteiger partial charge in [0.15, 0.2) is 0 Å². The zero-order valence-electron chi connectivity index (χ0n) is 16.1. The Hall–Kier alpha value is -1.89. The lowest BCUT2D eigenvalue weighted by molar-refractivity contribution is -0.145. The number of thiophene rings is 1. The van der Waals surface area contributed by atoms with Crippen molar-refractivity contribution >= 4 is 50.7 Å². The molecule has 2 aromatic heterocycles. The number of halogens is 2. The molecule has 3 aromatic rings. The van der Waals surface area contributed by atoms with Crippen molar-refractivity contribution in [1.29, 1.82) is 0 Å². The maximum Gasteiger partial charge on any atom is 0.313 e. The van der Waals surface area contributed by atoms with E-state index in [9.17, 15) is 9.59 Å². The minimum absolute atomic E-state index is 0.146. The second-order valence-electron chi connectivity index (χ2n) is 7.10. The van der Waals surface area contributed by atoms with Crippen molar-refractivity contribution in [3.05, 3.63) is 60.4 Å². The van der Waals surface area contributed by atoms with Gasteiger partial charge in [-0.15, -0.1) is 11.3 Å². The maximum absolute atomic E-state index is 13.5. The topological polar surface area (TPSA) is 61.2 Å². The molecule has 0 saturated heterocycles. The standard InChI is InChI=1S/C21H20Cl2N2O3S/c1-3-28-21(27)14-5-4-6-16-17(14)18-19(29-16)24-11(2)25(20(18)26)10-12-7-8-13(22)9-15(12)23/h7-9,14H,3-6,10H2,1-2H3. The third-order valence-electron chi connectivity index (χ3n) is 5.28. The molecule has 0 aliphatic heterocycles. The van der Waals surface area contributed by atoms with Crippen LogP contribution in [0.3, 0.4) is 0 Å². The van der Waals surface area contributed by atoms with Crippen LogP contribution in [0.5, 0.6) is 0 Å². The summed E-state index contributed by atoms with van der Waals surface area (Å²) in [4.78, 5) is 32.5. The quantitative estimate of drug-likeness (QED) is 0.518. The van der Waals surface area contributed by atoms with E-state index in [1.165, 1.54) is 11.3 Å². The van der Waals surface area contributed by atoms with Crippen LogP contribution < -0.4 is 5.56 Å². The minimum Gasteiger partial charge on any atom is -0.466 e. The molecule has 0 N–H and O–H groups in total. The fourth-order valence-electron chi connectivity index (χ4n) is 3.90. The summed E-state index contributed by atoms with van der Waals surface area (Å²) in [5.41, 5.74) is 1.45. The second-order valence-corrected chi connectivity index (χ2v) is 9.03. The summed E-state index contributed by atoms with van der Waals surface area (Å²) in [5, 5.41) is 1.58. The first kappa shape index (κ1) is 20.4. The van der Waals surface area contributed by atoms with Crippen LogP contribution in [0, 0.1) is 6.92 Å². The zero-order valence-corrected chi connectivity index (χ0v) is 18.5. The van der Waals surface area contributed by atoms with Gasteiger partial charge in [0, 0.05) is 14.9 Å². The van der Waals surface area contributed by atoms with E-state index >= 15 is 0 Å². The van der Waals surface area contributed by atoms with Gasteiger partial charge in [0.05, 0.1) is 24.5 Å². The van der Waals surface area contributed by atoms with E-state index in [0.717, 1.165) is 28.8 Å². The fourth-order valence-corrected chi connectivity index (χ4v) is 5.68. The Morgan fingerprint density at radius 3 is 2.90 bits per heavy atom. The summed E-state index contributed by atoms with van der Waals surface area (Å²) < 4.78 is 6.89. The number of fused-ring (bicyclic) bond motifs is 3. The number of hydrogen-bond acceptors (Lipinski definition) is 5. The Kier molecular flexibility index (Phi) is 5.69. The highest BCUT2D eigenvalue weighted by Gasteiger charge is 2.33. The monoisotopic (exact) mass is 450 g/mol. The predicted octanol–water partition coefficient (Wildman–Crippen LogP) is 5.10. The molecule has 0 bridgehead atoms. The third-order valence-corrected chi connectivity index (χ3v) is 7.02. The maximum atomic E-state index is 13.5. The molecule has 0 radical (unpaired) electrons. The van der Waals surface area contributed by atoms with Crippen LogP contribution in [0.25, 0.3) is 10.2 Å². The van der Waals surface area contributed by atoms with Gasteiger partial charge in [-0.3, -0.25) is 14.2 Å². The lowest BCUT2D eigenvalue weighted by atomic mass is 9.86. The molecule has 0 spiro atoms. The van der Waals surface area contributed by atoms with Gasteiger partial charge in [0.25, 0.3) is 5.56 Å². The van der Waals surface area contributed by atoms with E-state index in [-0.39, 0.29) is 18.1 Å². The van der Waals surface area contributed by atoms with Gasteiger partial charge in [-0.25, -0.2) is 4.98 Å². The Bertz CT molecular complexity index is 1170. The van der Waals surface area contributed by atoms with Crippen molar-refractivity contribution in [3.8, 4) is 0 Å². The van der Waals surface area contributed by atoms with Gasteiger partial charge in [0.2, 0.25) is 0 Å². The van der Waals surface area contributed by atoms with Gasteiger partial charge in [-0.2, -0.15) is 0 Å². The van der Waals surface area contributed by atoms with E-state index in [2.05, 4.69) is 4.98 Å². The number of aromatic nitrogens is 2. The number of hydrogen-bond donors (Lipinski definition) is 0. The first-order valence-electron chi connectivity index (χ1n) is 9.54. The first-order chi connectivity index (χ1) is 13.9. The van der Waals surface area contributed by atoms with Crippen molar-refractivity contribution in [3.63, 3.8) is 0 Å². The van der Waals surface area contributed by atoms with E-state index in [1.807, 2.05) is 13.0 Å². The molecule has 2 heterocycles. The fraction of sp³-hybridized carbons (Fsp3) is 0.381. The van der Waals surface area contributed by atoms with E-state index < -0.39 is 5.92 Å².